The molecule has 0 saturated carbocycles. The smallest absolute Gasteiger partial charge is 0.341 e. The predicted octanol–water partition coefficient (Wildman–Crippen LogP) is 4.59. The molecular formula is C19H20ClN3O2. The summed E-state index contributed by atoms with van der Waals surface area (Å²) in [5, 5.41) is 4.10. The number of hydrogen-bond donors (Lipinski definition) is 1. The predicted molar refractivity (Wildman–Crippen MR) is 102 cm³/mol. The maximum atomic E-state index is 12.3. The number of esters is 1. The van der Waals surface area contributed by atoms with Crippen LogP contribution in [0.1, 0.15) is 28.5 Å². The molecule has 0 aliphatic carbocycles. The first kappa shape index (κ1) is 18.7. The zero-order valence-corrected chi connectivity index (χ0v) is 15.2. The van der Waals surface area contributed by atoms with Crippen LogP contribution in [0.15, 0.2) is 42.6 Å². The molecule has 2 heterocycles. The van der Waals surface area contributed by atoms with Gasteiger partial charge in [-0.25, -0.2) is 14.8 Å². The van der Waals surface area contributed by atoms with E-state index in [-0.39, 0.29) is 12.4 Å². The SMILES string of the molecule is CCOC(=O)c1cnc2nc(C)ccc2c1Nc1ccc(C)cc1.Cl. The van der Waals surface area contributed by atoms with Gasteiger partial charge in [-0.2, -0.15) is 0 Å². The molecule has 0 amide bonds. The van der Waals surface area contributed by atoms with E-state index in [4.69, 9.17) is 4.74 Å². The first-order valence-electron chi connectivity index (χ1n) is 7.85. The highest BCUT2D eigenvalue weighted by Gasteiger charge is 2.17. The molecule has 0 saturated heterocycles. The lowest BCUT2D eigenvalue weighted by atomic mass is 10.1. The molecule has 25 heavy (non-hydrogen) atoms. The van der Waals surface area contributed by atoms with Crippen molar-refractivity contribution in [3.05, 3.63) is 59.4 Å². The zero-order valence-electron chi connectivity index (χ0n) is 14.4. The molecule has 5 nitrogen and oxygen atoms in total. The lowest BCUT2D eigenvalue weighted by Gasteiger charge is -2.14. The summed E-state index contributed by atoms with van der Waals surface area (Å²) in [6.07, 6.45) is 1.52. The number of rotatable bonds is 4. The fourth-order valence-corrected chi connectivity index (χ4v) is 2.45. The van der Waals surface area contributed by atoms with Gasteiger partial charge in [-0.3, -0.25) is 0 Å². The molecule has 1 aromatic carbocycles. The standard InChI is InChI=1S/C19H19N3O2.ClH/c1-4-24-19(23)16-11-20-18-15(10-7-13(3)21-18)17(16)22-14-8-5-12(2)6-9-14;/h5-11H,4H2,1-3H3,(H,20,21,22);1H. The van der Waals surface area contributed by atoms with Crippen LogP contribution < -0.4 is 5.32 Å². The number of nitrogens with zero attached hydrogens (tertiary/aromatic N) is 2. The minimum Gasteiger partial charge on any atom is -0.462 e. The van der Waals surface area contributed by atoms with E-state index < -0.39 is 5.97 Å². The molecule has 0 aliphatic heterocycles. The van der Waals surface area contributed by atoms with Crippen LogP contribution in [-0.4, -0.2) is 22.5 Å². The van der Waals surface area contributed by atoms with Crippen LogP contribution in [0.3, 0.4) is 0 Å². The Morgan fingerprint density at radius 3 is 2.52 bits per heavy atom. The van der Waals surface area contributed by atoms with E-state index in [1.54, 1.807) is 6.92 Å². The second-order valence-electron chi connectivity index (χ2n) is 5.58. The van der Waals surface area contributed by atoms with E-state index in [1.807, 2.05) is 50.2 Å². The summed E-state index contributed by atoms with van der Waals surface area (Å²) in [5.74, 6) is -0.401. The molecule has 0 bridgehead atoms. The fourth-order valence-electron chi connectivity index (χ4n) is 2.45. The average Bonchev–Trinajstić information content (AvgIpc) is 2.57. The minimum atomic E-state index is -0.401. The van der Waals surface area contributed by atoms with Crippen LogP contribution in [-0.2, 0) is 4.74 Å². The molecule has 0 aliphatic rings. The molecule has 1 N–H and O–H groups in total. The zero-order chi connectivity index (χ0) is 17.1. The quantitative estimate of drug-likeness (QED) is 0.692. The van der Waals surface area contributed by atoms with Gasteiger partial charge >= 0.3 is 5.97 Å². The summed E-state index contributed by atoms with van der Waals surface area (Å²) >= 11 is 0. The third-order valence-corrected chi connectivity index (χ3v) is 3.69. The molecule has 0 atom stereocenters. The number of fused-ring (bicyclic) bond motifs is 1. The Kier molecular flexibility index (Phi) is 5.93. The minimum absolute atomic E-state index is 0. The number of hydrogen-bond acceptors (Lipinski definition) is 5. The van der Waals surface area contributed by atoms with E-state index in [1.165, 1.54) is 11.8 Å². The third-order valence-electron chi connectivity index (χ3n) is 3.69. The number of aryl methyl sites for hydroxylation is 2. The third kappa shape index (κ3) is 4.06. The van der Waals surface area contributed by atoms with Crippen molar-refractivity contribution in [3.8, 4) is 0 Å². The fraction of sp³-hybridized carbons (Fsp3) is 0.211. The van der Waals surface area contributed by atoms with Crippen molar-refractivity contribution in [2.24, 2.45) is 0 Å². The number of halogens is 1. The van der Waals surface area contributed by atoms with Gasteiger partial charge in [0.1, 0.15) is 5.56 Å². The second kappa shape index (κ2) is 7.94. The summed E-state index contributed by atoms with van der Waals surface area (Å²) in [4.78, 5) is 21.0. The van der Waals surface area contributed by atoms with Crippen molar-refractivity contribution in [1.29, 1.82) is 0 Å². The molecule has 3 rings (SSSR count). The Morgan fingerprint density at radius 1 is 1.12 bits per heavy atom. The first-order chi connectivity index (χ1) is 11.6. The van der Waals surface area contributed by atoms with Crippen LogP contribution in [0.4, 0.5) is 11.4 Å². The van der Waals surface area contributed by atoms with E-state index in [2.05, 4.69) is 15.3 Å². The van der Waals surface area contributed by atoms with Gasteiger partial charge in [0, 0.05) is 23.0 Å². The van der Waals surface area contributed by atoms with Crippen molar-refractivity contribution < 1.29 is 9.53 Å². The Bertz CT molecular complexity index is 895. The Hall–Kier alpha value is -2.66. The molecular weight excluding hydrogens is 338 g/mol. The number of ether oxygens (including phenoxy) is 1. The number of nitrogens with one attached hydrogen (secondary N) is 1. The van der Waals surface area contributed by atoms with Gasteiger partial charge in [0.15, 0.2) is 5.65 Å². The molecule has 6 heteroatoms. The Morgan fingerprint density at radius 2 is 1.84 bits per heavy atom. The number of aromatic nitrogens is 2. The van der Waals surface area contributed by atoms with Crippen molar-refractivity contribution in [2.75, 3.05) is 11.9 Å². The number of anilines is 2. The number of benzene rings is 1. The molecule has 130 valence electrons. The topological polar surface area (TPSA) is 64.1 Å². The Labute approximate surface area is 152 Å². The number of carbonyl (C=O) groups is 1. The van der Waals surface area contributed by atoms with Gasteiger partial charge < -0.3 is 10.1 Å². The largest absolute Gasteiger partial charge is 0.462 e. The highest BCUT2D eigenvalue weighted by Crippen LogP contribution is 2.29. The van der Waals surface area contributed by atoms with Gasteiger partial charge in [0.2, 0.25) is 0 Å². The maximum absolute atomic E-state index is 12.3. The summed E-state index contributed by atoms with van der Waals surface area (Å²) in [6, 6.07) is 11.8. The highest BCUT2D eigenvalue weighted by molar-refractivity contribution is 6.05. The normalized spacial score (nSPS) is 10.2. The molecule has 0 unspecified atom stereocenters. The van der Waals surface area contributed by atoms with Crippen LogP contribution >= 0.6 is 12.4 Å². The molecule has 2 aromatic heterocycles. The lowest BCUT2D eigenvalue weighted by molar-refractivity contribution is 0.0527. The monoisotopic (exact) mass is 357 g/mol. The molecule has 0 fully saturated rings. The van der Waals surface area contributed by atoms with Crippen molar-refractivity contribution >= 4 is 40.8 Å². The Balaban J connectivity index is 0.00000225. The molecule has 0 spiro atoms. The van der Waals surface area contributed by atoms with Crippen LogP contribution in [0.5, 0.6) is 0 Å². The first-order valence-corrected chi connectivity index (χ1v) is 7.85. The van der Waals surface area contributed by atoms with Crippen molar-refractivity contribution in [3.63, 3.8) is 0 Å². The summed E-state index contributed by atoms with van der Waals surface area (Å²) < 4.78 is 5.16. The summed E-state index contributed by atoms with van der Waals surface area (Å²) in [7, 11) is 0. The van der Waals surface area contributed by atoms with E-state index >= 15 is 0 Å². The van der Waals surface area contributed by atoms with Crippen molar-refractivity contribution in [1.82, 2.24) is 9.97 Å². The van der Waals surface area contributed by atoms with Gasteiger partial charge in [0.25, 0.3) is 0 Å². The van der Waals surface area contributed by atoms with Crippen LogP contribution in [0.25, 0.3) is 11.0 Å². The number of carbonyl (C=O) groups excluding carboxylic acids is 1. The van der Waals surface area contributed by atoms with E-state index in [0.717, 1.165) is 16.8 Å². The van der Waals surface area contributed by atoms with Gasteiger partial charge in [0.05, 0.1) is 12.3 Å². The van der Waals surface area contributed by atoms with Gasteiger partial charge in [-0.05, 0) is 45.0 Å². The second-order valence-corrected chi connectivity index (χ2v) is 5.58. The maximum Gasteiger partial charge on any atom is 0.341 e. The average molecular weight is 358 g/mol. The molecule has 0 radical (unpaired) electrons. The number of pyridine rings is 2. The highest BCUT2D eigenvalue weighted by atomic mass is 35.5. The summed E-state index contributed by atoms with van der Waals surface area (Å²) in [5.41, 5.74) is 4.59. The summed E-state index contributed by atoms with van der Waals surface area (Å²) in [6.45, 7) is 6.03. The van der Waals surface area contributed by atoms with Crippen molar-refractivity contribution in [2.45, 2.75) is 20.8 Å². The van der Waals surface area contributed by atoms with E-state index in [0.29, 0.717) is 23.5 Å². The van der Waals surface area contributed by atoms with Gasteiger partial charge in [-0.15, -0.1) is 12.4 Å². The van der Waals surface area contributed by atoms with E-state index in [9.17, 15) is 4.79 Å². The molecule has 3 aromatic rings. The van der Waals surface area contributed by atoms with Gasteiger partial charge in [-0.1, -0.05) is 17.7 Å². The van der Waals surface area contributed by atoms with Crippen LogP contribution in [0, 0.1) is 13.8 Å². The van der Waals surface area contributed by atoms with Crippen LogP contribution in [0.2, 0.25) is 0 Å². The lowest BCUT2D eigenvalue weighted by Crippen LogP contribution is -2.09.